The van der Waals surface area contributed by atoms with Crippen molar-refractivity contribution >= 4 is 21.8 Å². The van der Waals surface area contributed by atoms with Gasteiger partial charge in [-0.3, -0.25) is 4.79 Å². The summed E-state index contributed by atoms with van der Waals surface area (Å²) < 4.78 is 0. The first kappa shape index (κ1) is 16.0. The first-order valence-corrected chi connectivity index (χ1v) is 8.33. The third-order valence-corrected chi connectivity index (χ3v) is 4.60. The molecule has 3 heteroatoms. The number of carbonyl (C=O) groups is 1. The minimum absolute atomic E-state index is 0.130. The number of alkyl halides is 1. The lowest BCUT2D eigenvalue weighted by Crippen LogP contribution is -2.46. The highest BCUT2D eigenvalue weighted by molar-refractivity contribution is 9.09. The highest BCUT2D eigenvalue weighted by atomic mass is 79.9. The molecule has 0 bridgehead atoms. The van der Waals surface area contributed by atoms with E-state index in [4.69, 9.17) is 0 Å². The van der Waals surface area contributed by atoms with Gasteiger partial charge < -0.3 is 5.32 Å². The number of amides is 1. The molecule has 1 aliphatic carbocycles. The van der Waals surface area contributed by atoms with Gasteiger partial charge in [-0.2, -0.15) is 0 Å². The van der Waals surface area contributed by atoms with Crippen molar-refractivity contribution in [2.24, 2.45) is 17.3 Å². The maximum Gasteiger partial charge on any atom is 0.223 e. The lowest BCUT2D eigenvalue weighted by atomic mass is 9.81. The van der Waals surface area contributed by atoms with Crippen molar-refractivity contribution in [2.75, 3.05) is 5.33 Å². The molecule has 0 radical (unpaired) electrons. The van der Waals surface area contributed by atoms with Gasteiger partial charge in [-0.1, -0.05) is 43.6 Å². The van der Waals surface area contributed by atoms with Crippen molar-refractivity contribution in [1.82, 2.24) is 5.32 Å². The maximum absolute atomic E-state index is 12.3. The van der Waals surface area contributed by atoms with Gasteiger partial charge in [0.05, 0.1) is 0 Å². The summed E-state index contributed by atoms with van der Waals surface area (Å²) in [7, 11) is 0. The molecule has 0 aromatic heterocycles. The zero-order valence-electron chi connectivity index (χ0n) is 12.3. The van der Waals surface area contributed by atoms with Crippen LogP contribution >= 0.6 is 15.9 Å². The van der Waals surface area contributed by atoms with Crippen LogP contribution in [-0.4, -0.2) is 17.3 Å². The quantitative estimate of drug-likeness (QED) is 0.776. The summed E-state index contributed by atoms with van der Waals surface area (Å²) >= 11 is 3.48. The monoisotopic (exact) mass is 317 g/mol. The highest BCUT2D eigenvalue weighted by Crippen LogP contribution is 2.29. The minimum atomic E-state index is 0.130. The number of nitrogens with one attached hydrogen (secondary N) is 1. The Balaban J connectivity index is 2.51. The van der Waals surface area contributed by atoms with Crippen molar-refractivity contribution in [1.29, 1.82) is 0 Å². The summed E-state index contributed by atoms with van der Waals surface area (Å²) in [6, 6.07) is 0.267. The van der Waals surface area contributed by atoms with Gasteiger partial charge in [0, 0.05) is 17.3 Å². The summed E-state index contributed by atoms with van der Waals surface area (Å²) in [5.41, 5.74) is 0.130. The van der Waals surface area contributed by atoms with E-state index in [9.17, 15) is 4.79 Å². The zero-order valence-corrected chi connectivity index (χ0v) is 13.8. The smallest absolute Gasteiger partial charge is 0.223 e. The Morgan fingerprint density at radius 3 is 2.28 bits per heavy atom. The predicted molar refractivity (Wildman–Crippen MR) is 80.9 cm³/mol. The van der Waals surface area contributed by atoms with E-state index < -0.39 is 0 Å². The fourth-order valence-electron chi connectivity index (χ4n) is 2.64. The molecule has 1 N–H and O–H groups in total. The van der Waals surface area contributed by atoms with E-state index in [0.717, 1.165) is 30.5 Å². The Morgan fingerprint density at radius 1 is 1.28 bits per heavy atom. The van der Waals surface area contributed by atoms with E-state index >= 15 is 0 Å². The molecular formula is C15H28BrNO. The fourth-order valence-corrected chi connectivity index (χ4v) is 3.10. The van der Waals surface area contributed by atoms with E-state index in [1.165, 1.54) is 12.8 Å². The molecule has 106 valence electrons. The molecule has 1 unspecified atom stereocenters. The number of carbonyl (C=O) groups excluding carboxylic acids is 1. The van der Waals surface area contributed by atoms with Crippen LogP contribution in [0.25, 0.3) is 0 Å². The molecule has 1 saturated carbocycles. The predicted octanol–water partition coefficient (Wildman–Crippen LogP) is 4.13. The second kappa shape index (κ2) is 6.93. The van der Waals surface area contributed by atoms with E-state index in [2.05, 4.69) is 48.9 Å². The average Bonchev–Trinajstić information content (AvgIpc) is 2.28. The molecule has 1 aliphatic rings. The molecule has 18 heavy (non-hydrogen) atoms. The number of hydrogen-bond acceptors (Lipinski definition) is 1. The zero-order chi connectivity index (χ0) is 13.8. The van der Waals surface area contributed by atoms with Crippen molar-refractivity contribution in [2.45, 2.75) is 65.8 Å². The van der Waals surface area contributed by atoms with Gasteiger partial charge >= 0.3 is 0 Å². The molecule has 2 nitrogen and oxygen atoms in total. The SMILES string of the molecule is CC1CCC(C(=O)NC(CCBr)C(C)(C)C)CC1. The van der Waals surface area contributed by atoms with Crippen molar-refractivity contribution < 1.29 is 4.79 Å². The first-order chi connectivity index (χ1) is 8.34. The van der Waals surface area contributed by atoms with Crippen LogP contribution in [0.2, 0.25) is 0 Å². The van der Waals surface area contributed by atoms with Crippen LogP contribution in [0.15, 0.2) is 0 Å². The topological polar surface area (TPSA) is 29.1 Å². The molecule has 0 heterocycles. The lowest BCUT2D eigenvalue weighted by molar-refractivity contribution is -0.127. The minimum Gasteiger partial charge on any atom is -0.353 e. The van der Waals surface area contributed by atoms with Crippen LogP contribution in [0.1, 0.15) is 59.8 Å². The molecule has 0 spiro atoms. The average molecular weight is 318 g/mol. The molecule has 1 rings (SSSR count). The summed E-state index contributed by atoms with van der Waals surface area (Å²) in [5.74, 6) is 1.33. The van der Waals surface area contributed by atoms with E-state index in [1.54, 1.807) is 0 Å². The Kier molecular flexibility index (Phi) is 6.16. The summed E-state index contributed by atoms with van der Waals surface area (Å²) in [6.07, 6.45) is 5.54. The second-order valence-corrected chi connectivity index (χ2v) is 7.65. The van der Waals surface area contributed by atoms with Crippen molar-refractivity contribution in [3.05, 3.63) is 0 Å². The van der Waals surface area contributed by atoms with E-state index in [-0.39, 0.29) is 23.3 Å². The third-order valence-electron chi connectivity index (χ3n) is 4.15. The molecule has 1 amide bonds. The Morgan fingerprint density at radius 2 is 1.83 bits per heavy atom. The Hall–Kier alpha value is -0.0500. The normalized spacial score (nSPS) is 26.7. The van der Waals surface area contributed by atoms with Gasteiger partial charge in [0.25, 0.3) is 0 Å². The largest absolute Gasteiger partial charge is 0.353 e. The summed E-state index contributed by atoms with van der Waals surface area (Å²) in [5, 5.41) is 4.21. The number of halogens is 1. The van der Waals surface area contributed by atoms with E-state index in [0.29, 0.717) is 0 Å². The Labute approximate surface area is 120 Å². The maximum atomic E-state index is 12.3. The van der Waals surface area contributed by atoms with Gasteiger partial charge in [-0.15, -0.1) is 0 Å². The number of rotatable bonds is 4. The molecule has 0 aromatic rings. The van der Waals surface area contributed by atoms with Crippen LogP contribution < -0.4 is 5.32 Å². The summed E-state index contributed by atoms with van der Waals surface area (Å²) in [6.45, 7) is 8.88. The van der Waals surface area contributed by atoms with Crippen LogP contribution in [0.4, 0.5) is 0 Å². The third kappa shape index (κ3) is 4.91. The van der Waals surface area contributed by atoms with Crippen molar-refractivity contribution in [3.8, 4) is 0 Å². The standard InChI is InChI=1S/C15H28BrNO/c1-11-5-7-12(8-6-11)14(18)17-13(9-10-16)15(2,3)4/h11-13H,5-10H2,1-4H3,(H,17,18). The summed E-state index contributed by atoms with van der Waals surface area (Å²) in [4.78, 5) is 12.3. The fraction of sp³-hybridized carbons (Fsp3) is 0.933. The van der Waals surface area contributed by atoms with Crippen molar-refractivity contribution in [3.63, 3.8) is 0 Å². The van der Waals surface area contributed by atoms with Gasteiger partial charge in [0.1, 0.15) is 0 Å². The first-order valence-electron chi connectivity index (χ1n) is 7.21. The molecule has 0 aromatic carbocycles. The van der Waals surface area contributed by atoms with E-state index in [1.807, 2.05) is 0 Å². The van der Waals surface area contributed by atoms with Crippen LogP contribution in [-0.2, 0) is 4.79 Å². The molecule has 1 fully saturated rings. The van der Waals surface area contributed by atoms with Gasteiger partial charge in [-0.25, -0.2) is 0 Å². The molecule has 1 atom stereocenters. The van der Waals surface area contributed by atoms with Crippen LogP contribution in [0.5, 0.6) is 0 Å². The lowest BCUT2D eigenvalue weighted by Gasteiger charge is -2.34. The van der Waals surface area contributed by atoms with Gasteiger partial charge in [0.2, 0.25) is 5.91 Å². The molecule has 0 saturated heterocycles. The number of hydrogen-bond donors (Lipinski definition) is 1. The molecule has 0 aliphatic heterocycles. The second-order valence-electron chi connectivity index (χ2n) is 6.86. The van der Waals surface area contributed by atoms with Gasteiger partial charge in [0.15, 0.2) is 0 Å². The van der Waals surface area contributed by atoms with Gasteiger partial charge in [-0.05, 0) is 43.4 Å². The Bertz CT molecular complexity index is 264. The van der Waals surface area contributed by atoms with Crippen LogP contribution in [0.3, 0.4) is 0 Å². The highest BCUT2D eigenvalue weighted by Gasteiger charge is 2.30. The molecular weight excluding hydrogens is 290 g/mol. The van der Waals surface area contributed by atoms with Crippen LogP contribution in [0, 0.1) is 17.3 Å².